The van der Waals surface area contributed by atoms with E-state index in [9.17, 15) is 33.2 Å². The quantitative estimate of drug-likeness (QED) is 0.156. The first kappa shape index (κ1) is 37.7. The van der Waals surface area contributed by atoms with Gasteiger partial charge in [0.25, 0.3) is 0 Å². The van der Waals surface area contributed by atoms with Crippen molar-refractivity contribution in [2.24, 2.45) is 11.8 Å². The number of carbonyl (C=O) groups excluding carboxylic acids is 2. The Kier molecular flexibility index (Phi) is 12.7. The molecule has 0 saturated carbocycles. The number of sulfonamides is 1. The summed E-state index contributed by atoms with van der Waals surface area (Å²) in [6, 6.07) is 13.1. The zero-order valence-electron chi connectivity index (χ0n) is 28.3. The van der Waals surface area contributed by atoms with Crippen LogP contribution in [-0.4, -0.2) is 101 Å². The number of amides is 3. The van der Waals surface area contributed by atoms with Gasteiger partial charge in [0.1, 0.15) is 11.8 Å². The number of hydrogen-bond acceptors (Lipinski definition) is 10. The predicted octanol–water partition coefficient (Wildman–Crippen LogP) is 3.76. The Balaban J connectivity index is 1.56. The molecule has 16 heteroatoms. The van der Waals surface area contributed by atoms with E-state index in [1.165, 1.54) is 38.7 Å². The van der Waals surface area contributed by atoms with E-state index in [1.54, 1.807) is 12.1 Å². The van der Waals surface area contributed by atoms with Crippen molar-refractivity contribution in [2.45, 2.75) is 63.7 Å². The van der Waals surface area contributed by atoms with E-state index in [1.807, 2.05) is 58.0 Å². The van der Waals surface area contributed by atoms with E-state index < -0.39 is 45.1 Å². The fourth-order valence-corrected chi connectivity index (χ4v) is 8.03. The molecule has 1 aromatic heterocycles. The molecule has 1 saturated heterocycles. The lowest BCUT2D eigenvalue weighted by Gasteiger charge is -2.34. The lowest BCUT2D eigenvalue weighted by molar-refractivity contribution is -0.384. The van der Waals surface area contributed by atoms with Gasteiger partial charge in [-0.2, -0.15) is 4.31 Å². The summed E-state index contributed by atoms with van der Waals surface area (Å²) in [5.41, 5.74) is 1.21. The molecule has 14 nitrogen and oxygen atoms in total. The number of rotatable bonds is 17. The normalized spacial score (nSPS) is 15.6. The number of hydrogen-bond donors (Lipinski definition) is 2. The summed E-state index contributed by atoms with van der Waals surface area (Å²) in [5, 5.41) is 27.0. The van der Waals surface area contributed by atoms with Crippen LogP contribution < -0.4 is 10.1 Å². The minimum absolute atomic E-state index is 0.0500. The van der Waals surface area contributed by atoms with E-state index in [-0.39, 0.29) is 54.5 Å². The summed E-state index contributed by atoms with van der Waals surface area (Å²) < 4.78 is 34.0. The van der Waals surface area contributed by atoms with E-state index in [2.05, 4.69) is 10.3 Å². The SMILES string of the molecule is COc1ccc(S(=O)(=O)N(CC(C)C)C[C@@H](O)[C@H](Cc2ccccc2)NC(=O)C(C(C)C)N2CCN(Cc3csc([N+](=O)[O-])n3)C2=O)cc1. The maximum Gasteiger partial charge on any atom is 0.423 e. The number of thiazole rings is 1. The summed E-state index contributed by atoms with van der Waals surface area (Å²) in [6.45, 7) is 7.85. The number of methoxy groups -OCH3 is 1. The van der Waals surface area contributed by atoms with Crippen LogP contribution in [0.5, 0.6) is 5.75 Å². The summed E-state index contributed by atoms with van der Waals surface area (Å²) in [7, 11) is -2.54. The van der Waals surface area contributed by atoms with Crippen molar-refractivity contribution in [3.8, 4) is 5.75 Å². The zero-order valence-corrected chi connectivity index (χ0v) is 29.9. The second-order valence-corrected chi connectivity index (χ2v) is 15.5. The smallest absolute Gasteiger partial charge is 0.423 e. The number of aromatic nitrogens is 1. The Morgan fingerprint density at radius 2 is 1.78 bits per heavy atom. The summed E-state index contributed by atoms with van der Waals surface area (Å²) >= 11 is 0.882. The number of aliphatic hydroxyl groups is 1. The molecular weight excluding hydrogens is 673 g/mol. The molecule has 0 bridgehead atoms. The third kappa shape index (κ3) is 9.53. The number of nitrogens with one attached hydrogen (secondary N) is 1. The molecule has 3 aromatic rings. The van der Waals surface area contributed by atoms with Crippen LogP contribution in [0.25, 0.3) is 0 Å². The van der Waals surface area contributed by atoms with Crippen LogP contribution in [0.2, 0.25) is 0 Å². The van der Waals surface area contributed by atoms with E-state index in [0.717, 1.165) is 16.9 Å². The van der Waals surface area contributed by atoms with E-state index in [4.69, 9.17) is 4.74 Å². The lowest BCUT2D eigenvalue weighted by atomic mass is 9.97. The number of ether oxygens (including phenoxy) is 1. The molecule has 3 atom stereocenters. The average molecular weight is 717 g/mol. The molecule has 0 spiro atoms. The van der Waals surface area contributed by atoms with Crippen molar-refractivity contribution < 1.29 is 32.8 Å². The van der Waals surface area contributed by atoms with Gasteiger partial charge in [-0.05, 0) is 69.3 Å². The third-order valence-corrected chi connectivity index (χ3v) is 10.8. The summed E-state index contributed by atoms with van der Waals surface area (Å²) in [6.07, 6.45) is -1.10. The highest BCUT2D eigenvalue weighted by molar-refractivity contribution is 7.89. The second-order valence-electron chi connectivity index (χ2n) is 12.7. The van der Waals surface area contributed by atoms with Crippen LogP contribution in [0.1, 0.15) is 39.0 Å². The molecule has 3 amide bonds. The van der Waals surface area contributed by atoms with Crippen molar-refractivity contribution >= 4 is 38.4 Å². The molecule has 2 aromatic carbocycles. The van der Waals surface area contributed by atoms with Crippen LogP contribution in [0.3, 0.4) is 0 Å². The predicted molar refractivity (Wildman–Crippen MR) is 185 cm³/mol. The molecule has 4 rings (SSSR count). The molecule has 1 unspecified atom stereocenters. The largest absolute Gasteiger partial charge is 0.497 e. The van der Waals surface area contributed by atoms with Gasteiger partial charge in [-0.25, -0.2) is 13.2 Å². The second kappa shape index (κ2) is 16.5. The minimum Gasteiger partial charge on any atom is -0.497 e. The number of benzene rings is 2. The molecule has 2 N–H and O–H groups in total. The maximum atomic E-state index is 14.0. The summed E-state index contributed by atoms with van der Waals surface area (Å²) in [4.78, 5) is 45.0. The zero-order chi connectivity index (χ0) is 35.9. The average Bonchev–Trinajstić information content (AvgIpc) is 3.67. The standard InChI is InChI=1S/C33H44N6O8S2/c1-22(2)18-37(49(45,46)27-13-11-26(47-5)12-14-27)20-29(40)28(17-24-9-7-6-8-10-24)35-31(41)30(23(3)4)38-16-15-36(33(38)42)19-25-21-48-32(34-25)39(43)44/h6-14,21-23,28-30,40H,15-20H2,1-5H3,(H,35,41)/t28-,29+,30?/m0/s1. The Morgan fingerprint density at radius 3 is 2.35 bits per heavy atom. The minimum atomic E-state index is -4.03. The van der Waals surface area contributed by atoms with Gasteiger partial charge in [-0.15, -0.1) is 0 Å². The van der Waals surface area contributed by atoms with Crippen molar-refractivity contribution in [3.63, 3.8) is 0 Å². The van der Waals surface area contributed by atoms with Crippen molar-refractivity contribution in [1.29, 1.82) is 0 Å². The Labute approximate surface area is 290 Å². The van der Waals surface area contributed by atoms with Crippen molar-refractivity contribution in [3.05, 3.63) is 81.3 Å². The van der Waals surface area contributed by atoms with Crippen LogP contribution in [-0.2, 0) is 27.8 Å². The van der Waals surface area contributed by atoms with Crippen LogP contribution in [0.4, 0.5) is 9.93 Å². The molecule has 266 valence electrons. The van der Waals surface area contributed by atoms with Crippen LogP contribution in [0, 0.1) is 22.0 Å². The molecule has 0 aliphatic carbocycles. The first-order chi connectivity index (χ1) is 23.2. The number of aliphatic hydroxyl groups excluding tert-OH is 1. The molecular formula is C33H44N6O8S2. The number of nitrogens with zero attached hydrogens (tertiary/aromatic N) is 5. The van der Waals surface area contributed by atoms with Crippen molar-refractivity contribution in [1.82, 2.24) is 24.4 Å². The molecule has 2 heterocycles. The first-order valence-electron chi connectivity index (χ1n) is 16.0. The molecule has 1 fully saturated rings. The Hall–Kier alpha value is -4.12. The Bertz CT molecular complexity index is 1680. The van der Waals surface area contributed by atoms with Gasteiger partial charge < -0.3 is 35.1 Å². The first-order valence-corrected chi connectivity index (χ1v) is 18.3. The van der Waals surface area contributed by atoms with E-state index >= 15 is 0 Å². The highest BCUT2D eigenvalue weighted by Gasteiger charge is 2.41. The molecule has 1 aliphatic heterocycles. The van der Waals surface area contributed by atoms with Crippen molar-refractivity contribution in [2.75, 3.05) is 33.3 Å². The fraction of sp³-hybridized carbons (Fsp3) is 0.485. The van der Waals surface area contributed by atoms with Gasteiger partial charge in [0, 0.05) is 31.6 Å². The lowest BCUT2D eigenvalue weighted by Crippen LogP contribution is -2.57. The highest BCUT2D eigenvalue weighted by Crippen LogP contribution is 2.25. The van der Waals surface area contributed by atoms with Gasteiger partial charge in [-0.1, -0.05) is 58.0 Å². The number of nitro groups is 1. The molecule has 49 heavy (non-hydrogen) atoms. The number of carbonyl (C=O) groups is 2. The molecule has 1 aliphatic rings. The Morgan fingerprint density at radius 1 is 1.10 bits per heavy atom. The maximum absolute atomic E-state index is 14.0. The van der Waals surface area contributed by atoms with Gasteiger partial charge in [0.05, 0.1) is 30.7 Å². The highest BCUT2D eigenvalue weighted by atomic mass is 32.2. The number of urea groups is 1. The fourth-order valence-electron chi connectivity index (χ4n) is 5.79. The summed E-state index contributed by atoms with van der Waals surface area (Å²) in [5.74, 6) is -0.353. The van der Waals surface area contributed by atoms with E-state index in [0.29, 0.717) is 18.0 Å². The van der Waals surface area contributed by atoms with Gasteiger partial charge in [-0.3, -0.25) is 4.79 Å². The topological polar surface area (TPSA) is 176 Å². The van der Waals surface area contributed by atoms with Gasteiger partial charge in [0.15, 0.2) is 5.69 Å². The monoisotopic (exact) mass is 716 g/mol. The molecule has 0 radical (unpaired) electrons. The van der Waals surface area contributed by atoms with Gasteiger partial charge in [0.2, 0.25) is 15.9 Å². The third-order valence-electron chi connectivity index (χ3n) is 8.16. The van der Waals surface area contributed by atoms with Crippen LogP contribution >= 0.6 is 11.3 Å². The van der Waals surface area contributed by atoms with Crippen LogP contribution in [0.15, 0.2) is 64.9 Å². The van der Waals surface area contributed by atoms with Gasteiger partial charge >= 0.3 is 11.2 Å².